The van der Waals surface area contributed by atoms with Crippen molar-refractivity contribution in [1.29, 1.82) is 0 Å². The number of aromatic amines is 1. The van der Waals surface area contributed by atoms with Crippen LogP contribution in [0.2, 0.25) is 0 Å². The highest BCUT2D eigenvalue weighted by atomic mass is 32.2. The number of nitrogens with zero attached hydrogens (tertiary/aromatic N) is 3. The molecule has 1 aromatic heterocycles. The summed E-state index contributed by atoms with van der Waals surface area (Å²) >= 11 is 0. The fourth-order valence-electron chi connectivity index (χ4n) is 4.64. The number of carbonyl (C=O) groups is 1. The Morgan fingerprint density at radius 1 is 1.31 bits per heavy atom. The van der Waals surface area contributed by atoms with Gasteiger partial charge in [-0.15, -0.1) is 0 Å². The number of sulfonamides is 1. The minimum atomic E-state index is -3.28. The molecule has 0 radical (unpaired) electrons. The Labute approximate surface area is 170 Å². The minimum Gasteiger partial charge on any atom is -0.384 e. The number of carbonyl (C=O) groups excluding carboxylic acids is 1. The molecular weight excluding hydrogens is 392 g/mol. The summed E-state index contributed by atoms with van der Waals surface area (Å²) in [5.41, 5.74) is 1.90. The van der Waals surface area contributed by atoms with Crippen molar-refractivity contribution >= 4 is 15.9 Å². The maximum Gasteiger partial charge on any atom is 0.257 e. The Kier molecular flexibility index (Phi) is 5.22. The molecule has 1 aromatic carbocycles. The maximum atomic E-state index is 13.3. The molecule has 2 aliphatic heterocycles. The summed E-state index contributed by atoms with van der Waals surface area (Å²) in [6, 6.07) is 9.64. The van der Waals surface area contributed by atoms with Crippen LogP contribution in [0.4, 0.5) is 0 Å². The zero-order valence-corrected chi connectivity index (χ0v) is 17.5. The predicted octanol–water partition coefficient (Wildman–Crippen LogP) is 1.45. The summed E-state index contributed by atoms with van der Waals surface area (Å²) in [5.74, 6) is -0.0385. The molecule has 2 aromatic rings. The number of amides is 1. The number of hydrogen-bond donors (Lipinski definition) is 1. The van der Waals surface area contributed by atoms with Crippen molar-refractivity contribution in [2.45, 2.75) is 6.42 Å². The molecule has 3 heterocycles. The van der Waals surface area contributed by atoms with E-state index in [-0.39, 0.29) is 17.2 Å². The Balaban J connectivity index is 1.57. The lowest BCUT2D eigenvalue weighted by molar-refractivity contribution is 0.00345. The number of benzene rings is 1. The topological polar surface area (TPSA) is 95.6 Å². The molecule has 2 unspecified atom stereocenters. The third-order valence-corrected chi connectivity index (χ3v) is 7.44. The Hall–Kier alpha value is -2.23. The molecule has 4 rings (SSSR count). The van der Waals surface area contributed by atoms with Gasteiger partial charge in [0.2, 0.25) is 10.0 Å². The number of fused-ring (bicyclic) bond motifs is 1. The molecule has 8 nitrogen and oxygen atoms in total. The third kappa shape index (κ3) is 3.70. The summed E-state index contributed by atoms with van der Waals surface area (Å²) < 4.78 is 31.2. The summed E-state index contributed by atoms with van der Waals surface area (Å²) in [6.07, 6.45) is 3.52. The van der Waals surface area contributed by atoms with Crippen LogP contribution < -0.4 is 0 Å². The summed E-state index contributed by atoms with van der Waals surface area (Å²) in [7, 11) is -1.64. The zero-order chi connectivity index (χ0) is 20.6. The first-order valence-electron chi connectivity index (χ1n) is 9.66. The number of likely N-dealkylation sites (tertiary alicyclic amines) is 1. The smallest absolute Gasteiger partial charge is 0.257 e. The lowest BCUT2D eigenvalue weighted by Crippen LogP contribution is -2.50. The first-order valence-corrected chi connectivity index (χ1v) is 11.5. The average molecular weight is 419 g/mol. The third-order valence-electron chi connectivity index (χ3n) is 6.22. The maximum absolute atomic E-state index is 13.3. The second kappa shape index (κ2) is 7.55. The first kappa shape index (κ1) is 20.1. The fourth-order valence-corrected chi connectivity index (χ4v) is 5.58. The molecule has 0 spiro atoms. The van der Waals surface area contributed by atoms with Crippen molar-refractivity contribution in [3.05, 3.63) is 42.1 Å². The van der Waals surface area contributed by atoms with Crippen molar-refractivity contribution in [1.82, 2.24) is 19.4 Å². The van der Waals surface area contributed by atoms with Crippen LogP contribution in [-0.2, 0) is 14.8 Å². The van der Waals surface area contributed by atoms with Gasteiger partial charge in [-0.25, -0.2) is 12.7 Å². The largest absolute Gasteiger partial charge is 0.384 e. The molecule has 2 atom stereocenters. The van der Waals surface area contributed by atoms with Crippen molar-refractivity contribution in [2.24, 2.45) is 11.3 Å². The summed E-state index contributed by atoms with van der Waals surface area (Å²) in [5, 5.41) is 7.03. The van der Waals surface area contributed by atoms with Crippen LogP contribution in [0.3, 0.4) is 0 Å². The summed E-state index contributed by atoms with van der Waals surface area (Å²) in [6.45, 7) is 2.44. The van der Waals surface area contributed by atoms with Crippen LogP contribution in [0.1, 0.15) is 16.8 Å². The van der Waals surface area contributed by atoms with E-state index < -0.39 is 10.0 Å². The Bertz CT molecular complexity index is 991. The van der Waals surface area contributed by atoms with Crippen LogP contribution in [0, 0.1) is 11.3 Å². The van der Waals surface area contributed by atoms with Gasteiger partial charge < -0.3 is 9.64 Å². The van der Waals surface area contributed by atoms with E-state index in [1.165, 1.54) is 10.6 Å². The van der Waals surface area contributed by atoms with Crippen molar-refractivity contribution in [3.63, 3.8) is 0 Å². The standard InChI is InChI=1S/C20H26N4O4S/c1-28-14-20-8-9-23(11-16(20)12-24(13-20)29(2,26)27)19(25)17-10-21-22-18(17)15-6-4-3-5-7-15/h3-7,10,16H,8-9,11-14H2,1-2H3,(H,21,22). The average Bonchev–Trinajstić information content (AvgIpc) is 3.32. The highest BCUT2D eigenvalue weighted by Crippen LogP contribution is 2.44. The second-order valence-corrected chi connectivity index (χ2v) is 10.1. The minimum absolute atomic E-state index is 0.0435. The highest BCUT2D eigenvalue weighted by Gasteiger charge is 2.52. The molecular formula is C20H26N4O4S. The second-order valence-electron chi connectivity index (χ2n) is 8.07. The van der Waals surface area contributed by atoms with Crippen molar-refractivity contribution in [3.8, 4) is 11.3 Å². The molecule has 1 amide bonds. The van der Waals surface area contributed by atoms with E-state index in [1.54, 1.807) is 13.3 Å². The number of ether oxygens (including phenoxy) is 1. The van der Waals surface area contributed by atoms with Gasteiger partial charge >= 0.3 is 0 Å². The Morgan fingerprint density at radius 3 is 2.76 bits per heavy atom. The van der Waals surface area contributed by atoms with E-state index in [9.17, 15) is 13.2 Å². The van der Waals surface area contributed by atoms with Crippen LogP contribution >= 0.6 is 0 Å². The summed E-state index contributed by atoms with van der Waals surface area (Å²) in [4.78, 5) is 15.1. The van der Waals surface area contributed by atoms with Gasteiger partial charge in [-0.2, -0.15) is 5.10 Å². The van der Waals surface area contributed by atoms with E-state index in [2.05, 4.69) is 10.2 Å². The molecule has 9 heteroatoms. The van der Waals surface area contributed by atoms with E-state index in [0.717, 1.165) is 5.56 Å². The van der Waals surface area contributed by atoms with E-state index in [1.807, 2.05) is 35.2 Å². The van der Waals surface area contributed by atoms with Crippen molar-refractivity contribution < 1.29 is 17.9 Å². The van der Waals surface area contributed by atoms with Crippen LogP contribution in [0.15, 0.2) is 36.5 Å². The molecule has 0 bridgehead atoms. The number of hydrogen-bond acceptors (Lipinski definition) is 5. The van der Waals surface area contributed by atoms with Gasteiger partial charge in [-0.05, 0) is 12.3 Å². The highest BCUT2D eigenvalue weighted by molar-refractivity contribution is 7.88. The van der Waals surface area contributed by atoms with Crippen LogP contribution in [0.25, 0.3) is 11.3 Å². The van der Waals surface area contributed by atoms with Crippen LogP contribution in [0.5, 0.6) is 0 Å². The molecule has 0 aliphatic carbocycles. The predicted molar refractivity (Wildman–Crippen MR) is 109 cm³/mol. The number of rotatable bonds is 5. The number of H-pyrrole nitrogens is 1. The molecule has 29 heavy (non-hydrogen) atoms. The van der Waals surface area contributed by atoms with E-state index in [4.69, 9.17) is 4.74 Å². The van der Waals surface area contributed by atoms with E-state index in [0.29, 0.717) is 50.5 Å². The van der Waals surface area contributed by atoms with Gasteiger partial charge in [0, 0.05) is 44.3 Å². The number of aromatic nitrogens is 2. The number of piperidine rings is 1. The molecule has 2 fully saturated rings. The SMILES string of the molecule is COCC12CCN(C(=O)c3cn[nH]c3-c3ccccc3)CC1CN(S(C)(=O)=O)C2. The lowest BCUT2D eigenvalue weighted by atomic mass is 9.73. The molecule has 156 valence electrons. The van der Waals surface area contributed by atoms with Crippen LogP contribution in [-0.4, -0.2) is 79.9 Å². The van der Waals surface area contributed by atoms with E-state index >= 15 is 0 Å². The van der Waals surface area contributed by atoms with Gasteiger partial charge in [0.05, 0.1) is 30.3 Å². The van der Waals surface area contributed by atoms with Gasteiger partial charge in [0.25, 0.3) is 5.91 Å². The Morgan fingerprint density at radius 2 is 2.07 bits per heavy atom. The molecule has 0 saturated carbocycles. The molecule has 2 saturated heterocycles. The van der Waals surface area contributed by atoms with Gasteiger partial charge in [-0.1, -0.05) is 30.3 Å². The van der Waals surface area contributed by atoms with Gasteiger partial charge in [0.1, 0.15) is 0 Å². The lowest BCUT2D eigenvalue weighted by Gasteiger charge is -2.43. The van der Waals surface area contributed by atoms with Crippen molar-refractivity contribution in [2.75, 3.05) is 46.2 Å². The van der Waals surface area contributed by atoms with Gasteiger partial charge in [0.15, 0.2) is 0 Å². The quantitative estimate of drug-likeness (QED) is 0.793. The monoisotopic (exact) mass is 418 g/mol. The molecule has 1 N–H and O–H groups in total. The molecule has 2 aliphatic rings. The first-order chi connectivity index (χ1) is 13.8. The zero-order valence-electron chi connectivity index (χ0n) is 16.7. The number of methoxy groups -OCH3 is 1. The normalized spacial score (nSPS) is 25.2. The van der Waals surface area contributed by atoms with Gasteiger partial charge in [-0.3, -0.25) is 9.89 Å². The number of nitrogens with one attached hydrogen (secondary N) is 1. The fraction of sp³-hybridized carbons (Fsp3) is 0.500.